The van der Waals surface area contributed by atoms with Crippen LogP contribution in [0, 0.1) is 13.8 Å². The summed E-state index contributed by atoms with van der Waals surface area (Å²) >= 11 is 0. The predicted molar refractivity (Wildman–Crippen MR) is 111 cm³/mol. The third-order valence-corrected chi connectivity index (χ3v) is 4.31. The summed E-state index contributed by atoms with van der Waals surface area (Å²) in [5, 5.41) is 2.85. The van der Waals surface area contributed by atoms with Crippen LogP contribution in [0.4, 0.5) is 0 Å². The first-order valence-corrected chi connectivity index (χ1v) is 9.34. The molecule has 0 heterocycles. The Labute approximate surface area is 170 Å². The highest BCUT2D eigenvalue weighted by molar-refractivity contribution is 5.94. The molecule has 0 atom stereocenters. The van der Waals surface area contributed by atoms with E-state index in [9.17, 15) is 9.59 Å². The number of ether oxygens (including phenoxy) is 2. The topological polar surface area (TPSA) is 64.6 Å². The van der Waals surface area contributed by atoms with E-state index >= 15 is 0 Å². The van der Waals surface area contributed by atoms with Gasteiger partial charge in [-0.25, -0.2) is 4.79 Å². The van der Waals surface area contributed by atoms with Gasteiger partial charge in [0.05, 0.1) is 0 Å². The van der Waals surface area contributed by atoms with Gasteiger partial charge in [0.2, 0.25) is 0 Å². The zero-order chi connectivity index (χ0) is 20.6. The molecule has 0 bridgehead atoms. The smallest absolute Gasteiger partial charge is 0.349 e. The van der Waals surface area contributed by atoms with Crippen LogP contribution < -0.4 is 14.8 Å². The van der Waals surface area contributed by atoms with Gasteiger partial charge in [-0.3, -0.25) is 4.79 Å². The molecule has 5 heteroatoms. The van der Waals surface area contributed by atoms with E-state index in [1.807, 2.05) is 62.4 Å². The van der Waals surface area contributed by atoms with E-state index in [2.05, 4.69) is 5.32 Å². The number of carbonyl (C=O) groups excluding carboxylic acids is 2. The standard InChI is InChI=1S/C24H23NO4/c1-17-11-12-18(2)22(13-17)28-16-23(26)29-21-10-6-9-20(14-21)24(27)25-15-19-7-4-3-5-8-19/h3-14H,15-16H2,1-2H3,(H,25,27). The molecular weight excluding hydrogens is 366 g/mol. The van der Waals surface area contributed by atoms with Gasteiger partial charge in [-0.2, -0.15) is 0 Å². The summed E-state index contributed by atoms with van der Waals surface area (Å²) in [5.41, 5.74) is 3.42. The second-order valence-corrected chi connectivity index (χ2v) is 6.73. The summed E-state index contributed by atoms with van der Waals surface area (Å²) in [5.74, 6) is 0.175. The Morgan fingerprint density at radius 2 is 1.69 bits per heavy atom. The SMILES string of the molecule is Cc1ccc(C)c(OCC(=O)Oc2cccc(C(=O)NCc3ccccc3)c2)c1. The summed E-state index contributed by atoms with van der Waals surface area (Å²) in [6, 6.07) is 21.9. The molecule has 0 saturated heterocycles. The minimum atomic E-state index is -0.534. The van der Waals surface area contributed by atoms with Crippen molar-refractivity contribution >= 4 is 11.9 Å². The van der Waals surface area contributed by atoms with E-state index in [0.29, 0.717) is 23.6 Å². The molecule has 0 aliphatic rings. The quantitative estimate of drug-likeness (QED) is 0.485. The van der Waals surface area contributed by atoms with Crippen molar-refractivity contribution in [3.05, 3.63) is 95.1 Å². The molecule has 0 radical (unpaired) electrons. The van der Waals surface area contributed by atoms with Crippen LogP contribution in [0.5, 0.6) is 11.5 Å². The average molecular weight is 389 g/mol. The third kappa shape index (κ3) is 5.94. The fourth-order valence-corrected chi connectivity index (χ4v) is 2.74. The van der Waals surface area contributed by atoms with E-state index in [-0.39, 0.29) is 12.5 Å². The fraction of sp³-hybridized carbons (Fsp3) is 0.167. The van der Waals surface area contributed by atoms with Crippen molar-refractivity contribution in [2.24, 2.45) is 0 Å². The molecule has 3 aromatic rings. The van der Waals surface area contributed by atoms with E-state index in [4.69, 9.17) is 9.47 Å². The number of hydrogen-bond acceptors (Lipinski definition) is 4. The van der Waals surface area contributed by atoms with Crippen LogP contribution in [0.15, 0.2) is 72.8 Å². The van der Waals surface area contributed by atoms with Crippen LogP contribution in [-0.4, -0.2) is 18.5 Å². The molecule has 29 heavy (non-hydrogen) atoms. The number of aryl methyl sites for hydroxylation is 2. The summed E-state index contributed by atoms with van der Waals surface area (Å²) in [6.07, 6.45) is 0. The molecule has 0 unspecified atom stereocenters. The second kappa shape index (κ2) is 9.55. The lowest BCUT2D eigenvalue weighted by molar-refractivity contribution is -0.136. The van der Waals surface area contributed by atoms with Crippen molar-refractivity contribution in [1.82, 2.24) is 5.32 Å². The van der Waals surface area contributed by atoms with Crippen molar-refractivity contribution in [1.29, 1.82) is 0 Å². The number of rotatable bonds is 7. The fourth-order valence-electron chi connectivity index (χ4n) is 2.74. The van der Waals surface area contributed by atoms with Gasteiger partial charge in [0, 0.05) is 12.1 Å². The van der Waals surface area contributed by atoms with Gasteiger partial charge in [0.15, 0.2) is 6.61 Å². The number of esters is 1. The maximum Gasteiger partial charge on any atom is 0.349 e. The highest BCUT2D eigenvalue weighted by Crippen LogP contribution is 2.19. The Bertz CT molecular complexity index is 999. The molecule has 0 fully saturated rings. The number of carbonyl (C=O) groups is 2. The monoisotopic (exact) mass is 389 g/mol. The van der Waals surface area contributed by atoms with Crippen LogP contribution in [-0.2, 0) is 11.3 Å². The van der Waals surface area contributed by atoms with Crippen molar-refractivity contribution < 1.29 is 19.1 Å². The van der Waals surface area contributed by atoms with Gasteiger partial charge in [-0.15, -0.1) is 0 Å². The zero-order valence-corrected chi connectivity index (χ0v) is 16.5. The number of amides is 1. The van der Waals surface area contributed by atoms with E-state index in [1.54, 1.807) is 18.2 Å². The summed E-state index contributed by atoms with van der Waals surface area (Å²) < 4.78 is 10.9. The van der Waals surface area contributed by atoms with Crippen molar-refractivity contribution in [3.8, 4) is 11.5 Å². The van der Waals surface area contributed by atoms with E-state index in [1.165, 1.54) is 6.07 Å². The summed E-state index contributed by atoms with van der Waals surface area (Å²) in [7, 11) is 0. The molecule has 0 aromatic heterocycles. The summed E-state index contributed by atoms with van der Waals surface area (Å²) in [6.45, 7) is 4.08. The van der Waals surface area contributed by atoms with Crippen LogP contribution in [0.1, 0.15) is 27.0 Å². The highest BCUT2D eigenvalue weighted by Gasteiger charge is 2.11. The molecule has 0 saturated carbocycles. The van der Waals surface area contributed by atoms with Gasteiger partial charge in [0.1, 0.15) is 11.5 Å². The van der Waals surface area contributed by atoms with E-state index < -0.39 is 5.97 Å². The molecule has 5 nitrogen and oxygen atoms in total. The lowest BCUT2D eigenvalue weighted by atomic mass is 10.1. The Hall–Kier alpha value is -3.60. The Balaban J connectivity index is 1.55. The first-order valence-electron chi connectivity index (χ1n) is 9.34. The van der Waals surface area contributed by atoms with Gasteiger partial charge >= 0.3 is 5.97 Å². The average Bonchev–Trinajstić information content (AvgIpc) is 2.73. The first kappa shape index (κ1) is 20.1. The molecule has 3 aromatic carbocycles. The Kier molecular flexibility index (Phi) is 6.63. The molecule has 0 spiro atoms. The van der Waals surface area contributed by atoms with Gasteiger partial charge < -0.3 is 14.8 Å². The van der Waals surface area contributed by atoms with Gasteiger partial charge in [-0.1, -0.05) is 48.5 Å². The lowest BCUT2D eigenvalue weighted by Crippen LogP contribution is -2.23. The number of hydrogen-bond donors (Lipinski definition) is 1. The minimum absolute atomic E-state index is 0.214. The first-order chi connectivity index (χ1) is 14.0. The van der Waals surface area contributed by atoms with Gasteiger partial charge in [-0.05, 0) is 54.8 Å². The molecule has 0 aliphatic heterocycles. The van der Waals surface area contributed by atoms with E-state index in [0.717, 1.165) is 16.7 Å². The molecule has 148 valence electrons. The summed E-state index contributed by atoms with van der Waals surface area (Å²) in [4.78, 5) is 24.5. The maximum absolute atomic E-state index is 12.4. The third-order valence-electron chi connectivity index (χ3n) is 4.31. The van der Waals surface area contributed by atoms with Crippen molar-refractivity contribution in [3.63, 3.8) is 0 Å². The van der Waals surface area contributed by atoms with Crippen LogP contribution >= 0.6 is 0 Å². The van der Waals surface area contributed by atoms with Crippen molar-refractivity contribution in [2.45, 2.75) is 20.4 Å². The van der Waals surface area contributed by atoms with Gasteiger partial charge in [0.25, 0.3) is 5.91 Å². The van der Waals surface area contributed by atoms with Crippen LogP contribution in [0.2, 0.25) is 0 Å². The van der Waals surface area contributed by atoms with Crippen LogP contribution in [0.25, 0.3) is 0 Å². The zero-order valence-electron chi connectivity index (χ0n) is 16.5. The van der Waals surface area contributed by atoms with Crippen LogP contribution in [0.3, 0.4) is 0 Å². The maximum atomic E-state index is 12.4. The molecule has 1 amide bonds. The normalized spacial score (nSPS) is 10.3. The Morgan fingerprint density at radius 3 is 2.48 bits per heavy atom. The molecule has 3 rings (SSSR count). The molecule has 1 N–H and O–H groups in total. The molecular formula is C24H23NO4. The highest BCUT2D eigenvalue weighted by atomic mass is 16.6. The lowest BCUT2D eigenvalue weighted by Gasteiger charge is -2.10. The predicted octanol–water partition coefficient (Wildman–Crippen LogP) is 4.22. The largest absolute Gasteiger partial charge is 0.482 e. The Morgan fingerprint density at radius 1 is 0.897 bits per heavy atom. The van der Waals surface area contributed by atoms with Crippen molar-refractivity contribution in [2.75, 3.05) is 6.61 Å². The molecule has 0 aliphatic carbocycles. The number of benzene rings is 3. The second-order valence-electron chi connectivity index (χ2n) is 6.73. The minimum Gasteiger partial charge on any atom is -0.482 e. The number of nitrogens with one attached hydrogen (secondary N) is 1.